The van der Waals surface area contributed by atoms with E-state index in [9.17, 15) is 29.1 Å². The van der Waals surface area contributed by atoms with Gasteiger partial charge in [0, 0.05) is 6.54 Å². The van der Waals surface area contributed by atoms with Crippen molar-refractivity contribution < 1.29 is 29.1 Å². The standard InChI is InChI=1S/C29H44N4O6/c1-7-12-21(25(35)28(38)30-19(6)20-13-9-8-10-14-20)31-26(36)22-15-11-16-33(22)29(39)23(17(2)3)32-27(37)24(34)18(4)5/h8-10,13-14,17-19,21-24,34H,7,11-12,15-16H2,1-6H3,(H,30,38)(H,31,36)(H,32,37)/t19-,21?,22-,23-,24-/m0/s1. The third kappa shape index (κ3) is 8.61. The van der Waals surface area contributed by atoms with Gasteiger partial charge in [-0.05, 0) is 43.6 Å². The lowest BCUT2D eigenvalue weighted by Crippen LogP contribution is -2.58. The Morgan fingerprint density at radius 1 is 0.949 bits per heavy atom. The highest BCUT2D eigenvalue weighted by atomic mass is 16.3. The summed E-state index contributed by atoms with van der Waals surface area (Å²) in [4.78, 5) is 66.4. The van der Waals surface area contributed by atoms with Crippen LogP contribution in [-0.4, -0.2) is 70.2 Å². The normalized spacial score (nSPS) is 18.3. The Kier molecular flexibility index (Phi) is 12.1. The number of hydrogen-bond donors (Lipinski definition) is 4. The van der Waals surface area contributed by atoms with Crippen molar-refractivity contribution in [2.75, 3.05) is 6.54 Å². The summed E-state index contributed by atoms with van der Waals surface area (Å²) in [5.41, 5.74) is 0.850. The number of aliphatic hydroxyl groups is 1. The molecule has 0 aliphatic carbocycles. The predicted molar refractivity (Wildman–Crippen MR) is 147 cm³/mol. The Balaban J connectivity index is 2.11. The molecule has 39 heavy (non-hydrogen) atoms. The van der Waals surface area contributed by atoms with E-state index in [-0.39, 0.29) is 24.3 Å². The van der Waals surface area contributed by atoms with Crippen LogP contribution in [0.1, 0.15) is 78.8 Å². The van der Waals surface area contributed by atoms with Crippen LogP contribution in [0.25, 0.3) is 0 Å². The van der Waals surface area contributed by atoms with Gasteiger partial charge >= 0.3 is 0 Å². The number of carbonyl (C=O) groups is 5. The van der Waals surface area contributed by atoms with E-state index in [1.165, 1.54) is 4.90 Å². The Morgan fingerprint density at radius 3 is 2.15 bits per heavy atom. The number of benzene rings is 1. The molecular weight excluding hydrogens is 500 g/mol. The fraction of sp³-hybridized carbons (Fsp3) is 0.621. The van der Waals surface area contributed by atoms with E-state index in [2.05, 4.69) is 16.0 Å². The van der Waals surface area contributed by atoms with Crippen LogP contribution in [0.4, 0.5) is 0 Å². The Labute approximate surface area is 231 Å². The first kappa shape index (κ1) is 31.9. The molecule has 216 valence electrons. The molecule has 10 nitrogen and oxygen atoms in total. The Hall–Kier alpha value is -3.27. The monoisotopic (exact) mass is 544 g/mol. The summed E-state index contributed by atoms with van der Waals surface area (Å²) in [6.45, 7) is 10.9. The molecule has 0 saturated carbocycles. The van der Waals surface area contributed by atoms with E-state index in [0.29, 0.717) is 25.8 Å². The van der Waals surface area contributed by atoms with Crippen molar-refractivity contribution in [2.24, 2.45) is 11.8 Å². The molecule has 1 heterocycles. The van der Waals surface area contributed by atoms with Gasteiger partial charge in [0.05, 0.1) is 12.1 Å². The molecule has 5 atom stereocenters. The maximum Gasteiger partial charge on any atom is 0.290 e. The van der Waals surface area contributed by atoms with Crippen LogP contribution in [0.15, 0.2) is 30.3 Å². The highest BCUT2D eigenvalue weighted by molar-refractivity contribution is 6.38. The van der Waals surface area contributed by atoms with Crippen LogP contribution >= 0.6 is 0 Å². The number of rotatable bonds is 13. The molecule has 0 aromatic heterocycles. The van der Waals surface area contributed by atoms with Crippen molar-refractivity contribution in [3.63, 3.8) is 0 Å². The topological polar surface area (TPSA) is 145 Å². The molecule has 1 aliphatic rings. The van der Waals surface area contributed by atoms with E-state index in [0.717, 1.165) is 5.56 Å². The number of nitrogens with one attached hydrogen (secondary N) is 3. The molecule has 1 fully saturated rings. The van der Waals surface area contributed by atoms with Crippen molar-refractivity contribution in [1.29, 1.82) is 0 Å². The van der Waals surface area contributed by atoms with Gasteiger partial charge in [-0.3, -0.25) is 24.0 Å². The molecule has 4 amide bonds. The summed E-state index contributed by atoms with van der Waals surface area (Å²) < 4.78 is 0. The highest BCUT2D eigenvalue weighted by Crippen LogP contribution is 2.21. The molecule has 1 aliphatic heterocycles. The average molecular weight is 545 g/mol. The highest BCUT2D eigenvalue weighted by Gasteiger charge is 2.40. The number of Topliss-reactive ketones (excluding diaryl/α,β-unsaturated/α-hetero) is 1. The quantitative estimate of drug-likeness (QED) is 0.279. The molecule has 1 saturated heterocycles. The van der Waals surface area contributed by atoms with Gasteiger partial charge in [-0.15, -0.1) is 0 Å². The zero-order chi connectivity index (χ0) is 29.3. The van der Waals surface area contributed by atoms with E-state index in [4.69, 9.17) is 0 Å². The summed E-state index contributed by atoms with van der Waals surface area (Å²) >= 11 is 0. The van der Waals surface area contributed by atoms with Crippen molar-refractivity contribution in [1.82, 2.24) is 20.9 Å². The second kappa shape index (κ2) is 14.8. The number of ketones is 1. The van der Waals surface area contributed by atoms with Crippen LogP contribution in [-0.2, 0) is 24.0 Å². The largest absolute Gasteiger partial charge is 0.383 e. The molecule has 10 heteroatoms. The van der Waals surface area contributed by atoms with E-state index in [1.54, 1.807) is 34.6 Å². The van der Waals surface area contributed by atoms with E-state index < -0.39 is 53.6 Å². The molecule has 1 aromatic rings. The number of amides is 4. The zero-order valence-electron chi connectivity index (χ0n) is 23.9. The number of hydrogen-bond acceptors (Lipinski definition) is 6. The van der Waals surface area contributed by atoms with Crippen LogP contribution in [0.2, 0.25) is 0 Å². The number of nitrogens with zero attached hydrogens (tertiary/aromatic N) is 1. The van der Waals surface area contributed by atoms with Gasteiger partial charge in [-0.2, -0.15) is 0 Å². The molecule has 2 rings (SSSR count). The second-order valence-corrected chi connectivity index (χ2v) is 10.9. The van der Waals surface area contributed by atoms with Gasteiger partial charge in [0.2, 0.25) is 23.5 Å². The van der Waals surface area contributed by atoms with Gasteiger partial charge in [0.1, 0.15) is 18.2 Å². The summed E-state index contributed by atoms with van der Waals surface area (Å²) in [6.07, 6.45) is 0.558. The minimum Gasteiger partial charge on any atom is -0.383 e. The molecule has 4 N–H and O–H groups in total. The molecule has 1 aromatic carbocycles. The van der Waals surface area contributed by atoms with Crippen LogP contribution in [0.3, 0.4) is 0 Å². The van der Waals surface area contributed by atoms with Crippen molar-refractivity contribution in [3.05, 3.63) is 35.9 Å². The number of likely N-dealkylation sites (tertiary alicyclic amines) is 1. The maximum absolute atomic E-state index is 13.5. The summed E-state index contributed by atoms with van der Waals surface area (Å²) in [5, 5.41) is 18.2. The fourth-order valence-electron chi connectivity index (χ4n) is 4.61. The average Bonchev–Trinajstić information content (AvgIpc) is 3.40. The number of aliphatic hydroxyl groups excluding tert-OH is 1. The van der Waals surface area contributed by atoms with Gasteiger partial charge in [0.25, 0.3) is 5.91 Å². The van der Waals surface area contributed by atoms with Gasteiger partial charge in [-0.25, -0.2) is 0 Å². The first-order valence-corrected chi connectivity index (χ1v) is 13.9. The van der Waals surface area contributed by atoms with Gasteiger partial charge in [0.15, 0.2) is 0 Å². The first-order chi connectivity index (χ1) is 18.4. The third-order valence-electron chi connectivity index (χ3n) is 7.05. The molecule has 0 spiro atoms. The Morgan fingerprint density at radius 2 is 1.59 bits per heavy atom. The molecule has 0 bridgehead atoms. The van der Waals surface area contributed by atoms with Gasteiger partial charge in [-0.1, -0.05) is 71.4 Å². The summed E-state index contributed by atoms with van der Waals surface area (Å²) in [7, 11) is 0. The van der Waals surface area contributed by atoms with Crippen molar-refractivity contribution in [3.8, 4) is 0 Å². The van der Waals surface area contributed by atoms with E-state index in [1.807, 2.05) is 37.3 Å². The molecular formula is C29H44N4O6. The minimum atomic E-state index is -1.26. The first-order valence-electron chi connectivity index (χ1n) is 13.9. The maximum atomic E-state index is 13.5. The molecule has 0 radical (unpaired) electrons. The second-order valence-electron chi connectivity index (χ2n) is 10.9. The van der Waals surface area contributed by atoms with E-state index >= 15 is 0 Å². The smallest absolute Gasteiger partial charge is 0.290 e. The third-order valence-corrected chi connectivity index (χ3v) is 7.05. The Bertz CT molecular complexity index is 1010. The van der Waals surface area contributed by atoms with Gasteiger partial charge < -0.3 is 26.0 Å². The molecule has 1 unspecified atom stereocenters. The minimum absolute atomic E-state index is 0.274. The lowest BCUT2D eigenvalue weighted by molar-refractivity contribution is -0.145. The van der Waals surface area contributed by atoms with Crippen LogP contribution < -0.4 is 16.0 Å². The SMILES string of the molecule is CCCC(NC(=O)[C@@H]1CCCN1C(=O)[C@@H](NC(=O)[C@@H](O)C(C)C)C(C)C)C(=O)C(=O)N[C@@H](C)c1ccccc1. The summed E-state index contributed by atoms with van der Waals surface area (Å²) in [5.74, 6) is -3.68. The fourth-order valence-corrected chi connectivity index (χ4v) is 4.61. The van der Waals surface area contributed by atoms with Crippen molar-refractivity contribution in [2.45, 2.75) is 97.5 Å². The lowest BCUT2D eigenvalue weighted by Gasteiger charge is -2.32. The summed E-state index contributed by atoms with van der Waals surface area (Å²) in [6, 6.07) is 6.09. The van der Waals surface area contributed by atoms with Crippen LogP contribution in [0, 0.1) is 11.8 Å². The number of carbonyl (C=O) groups excluding carboxylic acids is 5. The zero-order valence-corrected chi connectivity index (χ0v) is 23.9. The predicted octanol–water partition coefficient (Wildman–Crippen LogP) is 1.87. The van der Waals surface area contributed by atoms with Crippen LogP contribution in [0.5, 0.6) is 0 Å². The lowest BCUT2D eigenvalue weighted by atomic mass is 10.00. The van der Waals surface area contributed by atoms with Crippen molar-refractivity contribution >= 4 is 29.4 Å².